The molecule has 0 aromatic carbocycles. The number of ether oxygens (including phenoxy) is 4. The number of nitrogens with zero attached hydrogens (tertiary/aromatic N) is 3. The molecule has 70 heavy (non-hydrogen) atoms. The van der Waals surface area contributed by atoms with E-state index in [1.54, 1.807) is 45.8 Å². The van der Waals surface area contributed by atoms with E-state index < -0.39 is 97.7 Å². The Balaban J connectivity index is 1.74. The second-order valence-electron chi connectivity index (χ2n) is 19.9. The van der Waals surface area contributed by atoms with Gasteiger partial charge in [0.05, 0.1) is 49.2 Å². The number of phosphoric ester groups is 1. The summed E-state index contributed by atoms with van der Waals surface area (Å²) < 4.78 is 48.2. The Morgan fingerprint density at radius 2 is 1.76 bits per heavy atom. The second-order valence-corrected chi connectivity index (χ2v) is 21.1. The average Bonchev–Trinajstić information content (AvgIpc) is 3.84. The van der Waals surface area contributed by atoms with Gasteiger partial charge in [0.25, 0.3) is 5.91 Å². The highest BCUT2D eigenvalue weighted by Gasteiger charge is 2.68. The van der Waals surface area contributed by atoms with Crippen molar-refractivity contribution in [3.8, 4) is 6.07 Å². The molecule has 2 aliphatic rings. The van der Waals surface area contributed by atoms with Gasteiger partial charge in [0, 0.05) is 68.8 Å². The summed E-state index contributed by atoms with van der Waals surface area (Å²) in [6, 6.07) is 1.40. The molecule has 19 nitrogen and oxygen atoms in total. The van der Waals surface area contributed by atoms with E-state index in [4.69, 9.17) is 33.2 Å². The first-order valence-electron chi connectivity index (χ1n) is 23.8. The zero-order valence-electron chi connectivity index (χ0n) is 43.1. The topological polar surface area (TPSA) is 287 Å². The van der Waals surface area contributed by atoms with E-state index in [1.807, 2.05) is 78.0 Å². The number of hydrogen-bond donors (Lipinski definition) is 8. The van der Waals surface area contributed by atoms with E-state index in [0.29, 0.717) is 18.0 Å². The number of nitriles is 1. The van der Waals surface area contributed by atoms with Gasteiger partial charge in [0.2, 0.25) is 0 Å². The van der Waals surface area contributed by atoms with Crippen molar-refractivity contribution in [2.24, 2.45) is 23.2 Å². The lowest BCUT2D eigenvalue weighted by molar-refractivity contribution is -0.334. The summed E-state index contributed by atoms with van der Waals surface area (Å²) in [7, 11) is 1.12. The van der Waals surface area contributed by atoms with Crippen molar-refractivity contribution in [1.29, 1.82) is 5.26 Å². The van der Waals surface area contributed by atoms with Crippen molar-refractivity contribution in [2.75, 3.05) is 41.5 Å². The molecule has 2 aliphatic heterocycles. The van der Waals surface area contributed by atoms with E-state index in [1.165, 1.54) is 26.6 Å². The fourth-order valence-electron chi connectivity index (χ4n) is 8.96. The number of aliphatic hydroxyl groups is 5. The number of nitrogens with one attached hydrogen (secondary N) is 1. The third kappa shape index (κ3) is 16.3. The Labute approximate surface area is 414 Å². The maximum absolute atomic E-state index is 12.6. The first kappa shape index (κ1) is 60.9. The average molecular weight is 1010 g/mol. The van der Waals surface area contributed by atoms with Crippen molar-refractivity contribution >= 4 is 19.8 Å². The van der Waals surface area contributed by atoms with Crippen LogP contribution in [-0.4, -0.2) is 159 Å². The monoisotopic (exact) mass is 1010 g/mol. The lowest BCUT2D eigenvalue weighted by Crippen LogP contribution is -2.58. The number of likely N-dealkylation sites (N-methyl/N-ethyl adjacent to an activating group) is 1. The molecule has 0 bridgehead atoms. The number of aliphatic hydroxyl groups excluding tert-OH is 5. The van der Waals surface area contributed by atoms with E-state index in [0.717, 1.165) is 16.7 Å². The number of hydrogen-bond acceptors (Lipinski definition) is 16. The second kappa shape index (κ2) is 27.0. The molecule has 0 saturated carbocycles. The van der Waals surface area contributed by atoms with Gasteiger partial charge in [0.15, 0.2) is 17.8 Å². The van der Waals surface area contributed by atoms with Gasteiger partial charge in [-0.1, -0.05) is 77.5 Å². The molecule has 3 heterocycles. The zero-order valence-corrected chi connectivity index (χ0v) is 44.0. The van der Waals surface area contributed by atoms with E-state index in [9.17, 15) is 44.7 Å². The van der Waals surface area contributed by atoms with Crippen molar-refractivity contribution in [1.82, 2.24) is 15.2 Å². The lowest BCUT2D eigenvalue weighted by Gasteiger charge is -2.50. The Morgan fingerprint density at radius 1 is 1.09 bits per heavy atom. The van der Waals surface area contributed by atoms with Crippen LogP contribution in [0.3, 0.4) is 0 Å². The minimum absolute atomic E-state index is 0.0645. The molecule has 0 aliphatic carbocycles. The maximum atomic E-state index is 12.6. The summed E-state index contributed by atoms with van der Waals surface area (Å²) in [6.45, 7) is 16.6. The lowest BCUT2D eigenvalue weighted by atomic mass is 9.72. The highest BCUT2D eigenvalue weighted by atomic mass is 31.2. The molecule has 8 N–H and O–H groups in total. The Kier molecular flexibility index (Phi) is 23.5. The van der Waals surface area contributed by atoms with Gasteiger partial charge in [-0.25, -0.2) is 9.55 Å². The number of amides is 1. The summed E-state index contributed by atoms with van der Waals surface area (Å²) in [5.41, 5.74) is 1.87. The Morgan fingerprint density at radius 3 is 2.36 bits per heavy atom. The smallest absolute Gasteiger partial charge is 0.448 e. The van der Waals surface area contributed by atoms with Gasteiger partial charge in [-0.2, -0.15) is 5.26 Å². The summed E-state index contributed by atoms with van der Waals surface area (Å²) in [6.07, 6.45) is 4.10. The van der Waals surface area contributed by atoms with Crippen LogP contribution in [0.15, 0.2) is 63.9 Å². The number of oxazole rings is 1. The van der Waals surface area contributed by atoms with E-state index >= 15 is 0 Å². The molecule has 1 aromatic rings. The summed E-state index contributed by atoms with van der Waals surface area (Å²) in [5.74, 6) is -3.63. The molecule has 2 fully saturated rings. The number of allylic oxidation sites excluding steroid dienone is 7. The third-order valence-electron chi connectivity index (χ3n) is 14.0. The van der Waals surface area contributed by atoms with Crippen LogP contribution in [0, 0.1) is 34.5 Å². The minimum Gasteiger partial charge on any atom is -0.448 e. The first-order valence-corrected chi connectivity index (χ1v) is 25.4. The molecule has 1 aromatic heterocycles. The number of rotatable bonds is 26. The fraction of sp³-hybridized carbons (Fsp3) is 0.700. The Bertz CT molecular complexity index is 2080. The minimum atomic E-state index is -5.15. The highest BCUT2D eigenvalue weighted by molar-refractivity contribution is 7.46. The number of phosphoric acid groups is 1. The molecule has 0 unspecified atom stereocenters. The number of aromatic nitrogens is 1. The fourth-order valence-corrected chi connectivity index (χ4v) is 9.64. The van der Waals surface area contributed by atoms with Crippen molar-refractivity contribution in [3.63, 3.8) is 0 Å². The third-order valence-corrected chi connectivity index (χ3v) is 14.5. The predicted octanol–water partition coefficient (Wildman–Crippen LogP) is 4.69. The van der Waals surface area contributed by atoms with Gasteiger partial charge in [-0.15, -0.1) is 0 Å². The molecule has 20 heteroatoms. The van der Waals surface area contributed by atoms with Crippen LogP contribution >= 0.6 is 7.82 Å². The van der Waals surface area contributed by atoms with Gasteiger partial charge in [-0.3, -0.25) is 9.32 Å². The van der Waals surface area contributed by atoms with Crippen LogP contribution in [0.2, 0.25) is 0 Å². The van der Waals surface area contributed by atoms with Crippen LogP contribution in [0.4, 0.5) is 0 Å². The van der Waals surface area contributed by atoms with Crippen LogP contribution in [-0.2, 0) is 32.8 Å². The summed E-state index contributed by atoms with van der Waals surface area (Å²) in [4.78, 5) is 39.2. The van der Waals surface area contributed by atoms with Crippen molar-refractivity contribution < 1.29 is 72.6 Å². The van der Waals surface area contributed by atoms with Crippen LogP contribution in [0.25, 0.3) is 6.08 Å². The van der Waals surface area contributed by atoms with Crippen molar-refractivity contribution in [3.05, 3.63) is 71.0 Å². The predicted molar refractivity (Wildman–Crippen MR) is 262 cm³/mol. The standard InChI is InChI=1S/C50H81N4O15P/c1-29(20-22-51)16-14-17-30(2)32(4)24-33(5)42(57)35(7)38(55)25-41(65-13)45-46(69-70(61,62)63)49(8,9)50(68-45)26-39(56)34(6)40(67-50)19-15-18-36-27-66-48(53-36)31(3)21-23-52-47(60)44(59)43(58)37(28-64-12)54(10)11/h14-18,20,24,27,31,33-35,37-46,55-59H,19,21,23,25-26,28H2,1-13H3,(H,52,60)(H2,61,62,63)/b16-14+,18-15+,29-20-,30-17+,32-24+/t31-,33+,34-,35-,37-,38-,39+,40+,41-,42+,43-,44-,45+,46-,50+/m1/s1. The molecular formula is C50H81N4O15P. The zero-order chi connectivity index (χ0) is 52.9. The van der Waals surface area contributed by atoms with Gasteiger partial charge >= 0.3 is 7.82 Å². The first-order chi connectivity index (χ1) is 32.6. The SMILES string of the molecule is COC[C@H]([C@@H](O)[C@@H](O)C(=O)NCC[C@@H](C)c1nc(/C=C/C[C@@H]2O[C@@]3(C[C@H](O)[C@H]2C)O[C@@H]([C@@H](C[C@@H](O)[C@@H](C)[C@@H](O)[C@@H](C)/C=C(C)/C(C)=C/C=C/C(C)=C\C#N)OC)[C@@H](OP(=O)(O)O)C3(C)C)co1)N(C)C. The quantitative estimate of drug-likeness (QED) is 0.0355. The molecule has 396 valence electrons. The molecule has 3 rings (SSSR count). The molecule has 2 saturated heterocycles. The highest BCUT2D eigenvalue weighted by Crippen LogP contribution is 2.59. The number of carbonyl (C=O) groups excluding carboxylic acids is 1. The van der Waals surface area contributed by atoms with Crippen LogP contribution in [0.1, 0.15) is 105 Å². The summed E-state index contributed by atoms with van der Waals surface area (Å²) >= 11 is 0. The van der Waals surface area contributed by atoms with Crippen LogP contribution < -0.4 is 5.32 Å². The molecule has 0 radical (unpaired) electrons. The van der Waals surface area contributed by atoms with Gasteiger partial charge < -0.3 is 68.9 Å². The molecule has 1 amide bonds. The Hall–Kier alpha value is -3.42. The molecule has 1 spiro atoms. The van der Waals surface area contributed by atoms with Crippen molar-refractivity contribution in [2.45, 2.75) is 161 Å². The maximum Gasteiger partial charge on any atom is 0.469 e. The number of carbonyl (C=O) groups is 1. The van der Waals surface area contributed by atoms with E-state index in [2.05, 4.69) is 10.3 Å². The van der Waals surface area contributed by atoms with Crippen LogP contribution in [0.5, 0.6) is 0 Å². The number of methoxy groups -OCH3 is 2. The normalized spacial score (nSPS) is 27.6. The largest absolute Gasteiger partial charge is 0.469 e. The molecule has 15 atom stereocenters. The van der Waals surface area contributed by atoms with Gasteiger partial charge in [-0.05, 0) is 64.9 Å². The molecular weight excluding hydrogens is 928 g/mol. The summed E-state index contributed by atoms with van der Waals surface area (Å²) in [5, 5.41) is 67.1. The van der Waals surface area contributed by atoms with E-state index in [-0.39, 0.29) is 44.2 Å². The van der Waals surface area contributed by atoms with Gasteiger partial charge in [0.1, 0.15) is 30.3 Å².